The Morgan fingerprint density at radius 2 is 2.26 bits per heavy atom. The van der Waals surface area contributed by atoms with Gasteiger partial charge in [-0.2, -0.15) is 0 Å². The van der Waals surface area contributed by atoms with Gasteiger partial charge in [-0.1, -0.05) is 0 Å². The van der Waals surface area contributed by atoms with E-state index in [0.29, 0.717) is 10.8 Å². The number of rotatable bonds is 5. The molecular weight excluding hydrogens is 350 g/mol. The van der Waals surface area contributed by atoms with Gasteiger partial charge in [0.1, 0.15) is 4.21 Å². The van der Waals surface area contributed by atoms with Crippen LogP contribution in [-0.4, -0.2) is 39.0 Å². The molecule has 1 unspecified atom stereocenters. The fourth-order valence-corrected chi connectivity index (χ4v) is 5.48. The Morgan fingerprint density at radius 3 is 2.84 bits per heavy atom. The minimum absolute atomic E-state index is 0.210. The molecule has 108 valence electrons. The Balaban J connectivity index is 1.93. The lowest BCUT2D eigenvalue weighted by molar-refractivity contribution is 0.00951. The smallest absolute Gasteiger partial charge is 0.252 e. The van der Waals surface area contributed by atoms with Crippen molar-refractivity contribution in [3.8, 4) is 0 Å². The largest absolute Gasteiger partial charge is 0.378 e. The van der Waals surface area contributed by atoms with E-state index in [-0.39, 0.29) is 6.10 Å². The van der Waals surface area contributed by atoms with Gasteiger partial charge in [-0.05, 0) is 53.7 Å². The normalized spacial score (nSPS) is 20.9. The second-order valence-corrected chi connectivity index (χ2v) is 9.40. The summed E-state index contributed by atoms with van der Waals surface area (Å²) in [5.74, 6) is 0. The van der Waals surface area contributed by atoms with Crippen LogP contribution in [0.2, 0.25) is 0 Å². The number of nitrogens with zero attached hydrogens (tertiary/aromatic N) is 1. The molecule has 0 amide bonds. The summed E-state index contributed by atoms with van der Waals surface area (Å²) in [6, 6.07) is 3.40. The molecule has 0 aliphatic carbocycles. The summed E-state index contributed by atoms with van der Waals surface area (Å²) in [4.78, 5) is 0. The van der Waals surface area contributed by atoms with Crippen LogP contribution in [0.1, 0.15) is 25.7 Å². The highest BCUT2D eigenvalue weighted by Gasteiger charge is 2.24. The standard InChI is InChI=1S/C12H18BrNO3S2/c1-14(8-7-10-4-2-3-9-17-10)19(15,16)12-6-5-11(13)18-12/h5-6,10H,2-4,7-9H2,1H3. The SMILES string of the molecule is CN(CCC1CCCCO1)S(=O)(=O)c1ccc(Br)s1. The summed E-state index contributed by atoms with van der Waals surface area (Å²) in [6.45, 7) is 1.31. The Bertz CT molecular complexity index is 509. The van der Waals surface area contributed by atoms with Gasteiger partial charge >= 0.3 is 0 Å². The minimum atomic E-state index is -3.35. The molecule has 7 heteroatoms. The first-order valence-electron chi connectivity index (χ1n) is 6.33. The van der Waals surface area contributed by atoms with Gasteiger partial charge in [0.2, 0.25) is 0 Å². The highest BCUT2D eigenvalue weighted by molar-refractivity contribution is 9.11. The van der Waals surface area contributed by atoms with E-state index in [1.165, 1.54) is 22.1 Å². The van der Waals surface area contributed by atoms with Crippen LogP contribution in [0.15, 0.2) is 20.1 Å². The van der Waals surface area contributed by atoms with E-state index in [4.69, 9.17) is 4.74 Å². The van der Waals surface area contributed by atoms with Crippen molar-refractivity contribution in [2.45, 2.75) is 36.0 Å². The zero-order valence-corrected chi connectivity index (χ0v) is 14.1. The van der Waals surface area contributed by atoms with Crippen LogP contribution in [0.5, 0.6) is 0 Å². The molecule has 2 heterocycles. The molecule has 1 aliphatic rings. The molecule has 0 spiro atoms. The molecule has 1 atom stereocenters. The zero-order valence-electron chi connectivity index (χ0n) is 10.8. The van der Waals surface area contributed by atoms with Crippen LogP contribution in [0.25, 0.3) is 0 Å². The maximum atomic E-state index is 12.3. The van der Waals surface area contributed by atoms with Gasteiger partial charge in [0, 0.05) is 20.2 Å². The second-order valence-electron chi connectivity index (χ2n) is 4.66. The van der Waals surface area contributed by atoms with Gasteiger partial charge < -0.3 is 4.74 Å². The van der Waals surface area contributed by atoms with Crippen molar-refractivity contribution >= 4 is 37.3 Å². The van der Waals surface area contributed by atoms with Gasteiger partial charge in [0.25, 0.3) is 10.0 Å². The van der Waals surface area contributed by atoms with Crippen molar-refractivity contribution in [2.24, 2.45) is 0 Å². The molecule has 2 rings (SSSR count). The van der Waals surface area contributed by atoms with Crippen molar-refractivity contribution in [3.05, 3.63) is 15.9 Å². The molecule has 1 saturated heterocycles. The molecular formula is C12H18BrNO3S2. The Morgan fingerprint density at radius 1 is 1.47 bits per heavy atom. The number of hydrogen-bond acceptors (Lipinski definition) is 4. The Kier molecular flexibility index (Phi) is 5.42. The van der Waals surface area contributed by atoms with Crippen LogP contribution in [0.3, 0.4) is 0 Å². The van der Waals surface area contributed by atoms with Gasteiger partial charge in [-0.25, -0.2) is 12.7 Å². The van der Waals surface area contributed by atoms with E-state index in [2.05, 4.69) is 15.9 Å². The molecule has 0 aromatic carbocycles. The molecule has 0 N–H and O–H groups in total. The average molecular weight is 368 g/mol. The highest BCUT2D eigenvalue weighted by Crippen LogP contribution is 2.28. The third-order valence-corrected chi connectivity index (χ3v) is 7.20. The summed E-state index contributed by atoms with van der Waals surface area (Å²) in [7, 11) is -1.72. The molecule has 1 aromatic heterocycles. The van der Waals surface area contributed by atoms with E-state index < -0.39 is 10.0 Å². The zero-order chi connectivity index (χ0) is 13.9. The fraction of sp³-hybridized carbons (Fsp3) is 0.667. The maximum Gasteiger partial charge on any atom is 0.252 e. The first kappa shape index (κ1) is 15.4. The molecule has 0 radical (unpaired) electrons. The lowest BCUT2D eigenvalue weighted by Crippen LogP contribution is -2.31. The predicted molar refractivity (Wildman–Crippen MR) is 80.0 cm³/mol. The minimum Gasteiger partial charge on any atom is -0.378 e. The first-order valence-corrected chi connectivity index (χ1v) is 9.38. The predicted octanol–water partition coefficient (Wildman–Crippen LogP) is 3.09. The van der Waals surface area contributed by atoms with Crippen molar-refractivity contribution in [2.75, 3.05) is 20.2 Å². The maximum absolute atomic E-state index is 12.3. The lowest BCUT2D eigenvalue weighted by atomic mass is 10.1. The van der Waals surface area contributed by atoms with Crippen molar-refractivity contribution in [1.29, 1.82) is 0 Å². The van der Waals surface area contributed by atoms with Crippen LogP contribution < -0.4 is 0 Å². The number of sulfonamides is 1. The van der Waals surface area contributed by atoms with Crippen LogP contribution in [-0.2, 0) is 14.8 Å². The highest BCUT2D eigenvalue weighted by atomic mass is 79.9. The number of halogens is 1. The average Bonchev–Trinajstić information content (AvgIpc) is 2.84. The summed E-state index contributed by atoms with van der Waals surface area (Å²) >= 11 is 4.53. The van der Waals surface area contributed by atoms with Gasteiger partial charge in [-0.3, -0.25) is 0 Å². The van der Waals surface area contributed by atoms with Gasteiger partial charge in [0.05, 0.1) is 9.89 Å². The van der Waals surface area contributed by atoms with Crippen molar-refractivity contribution in [3.63, 3.8) is 0 Å². The third kappa shape index (κ3) is 4.01. The molecule has 1 aliphatic heterocycles. The van der Waals surface area contributed by atoms with E-state index >= 15 is 0 Å². The van der Waals surface area contributed by atoms with Gasteiger partial charge in [-0.15, -0.1) is 11.3 Å². The number of ether oxygens (including phenoxy) is 1. The Labute approximate surface area is 126 Å². The van der Waals surface area contributed by atoms with E-state index in [9.17, 15) is 8.42 Å². The molecule has 1 aromatic rings. The number of hydrogen-bond donors (Lipinski definition) is 0. The van der Waals surface area contributed by atoms with E-state index in [1.807, 2.05) is 0 Å². The molecule has 19 heavy (non-hydrogen) atoms. The van der Waals surface area contributed by atoms with E-state index in [0.717, 1.165) is 29.7 Å². The lowest BCUT2D eigenvalue weighted by Gasteiger charge is -2.24. The molecule has 4 nitrogen and oxygen atoms in total. The number of thiophene rings is 1. The van der Waals surface area contributed by atoms with Crippen molar-refractivity contribution < 1.29 is 13.2 Å². The summed E-state index contributed by atoms with van der Waals surface area (Å²) in [5.41, 5.74) is 0. The first-order chi connectivity index (χ1) is 9.00. The summed E-state index contributed by atoms with van der Waals surface area (Å²) < 4.78 is 32.8. The molecule has 1 fully saturated rings. The summed E-state index contributed by atoms with van der Waals surface area (Å²) in [6.07, 6.45) is 4.31. The van der Waals surface area contributed by atoms with Crippen LogP contribution in [0, 0.1) is 0 Å². The summed E-state index contributed by atoms with van der Waals surface area (Å²) in [5, 5.41) is 0. The molecule has 0 bridgehead atoms. The van der Waals surface area contributed by atoms with E-state index in [1.54, 1.807) is 19.2 Å². The van der Waals surface area contributed by atoms with Crippen LogP contribution in [0.4, 0.5) is 0 Å². The van der Waals surface area contributed by atoms with Crippen molar-refractivity contribution in [1.82, 2.24) is 4.31 Å². The monoisotopic (exact) mass is 367 g/mol. The Hall–Kier alpha value is 0.0500. The quantitative estimate of drug-likeness (QED) is 0.803. The fourth-order valence-electron chi connectivity index (χ4n) is 2.07. The second kappa shape index (κ2) is 6.67. The van der Waals surface area contributed by atoms with Gasteiger partial charge in [0.15, 0.2) is 0 Å². The van der Waals surface area contributed by atoms with Crippen LogP contribution >= 0.6 is 27.3 Å². The topological polar surface area (TPSA) is 46.6 Å². The third-order valence-electron chi connectivity index (χ3n) is 3.25. The molecule has 0 saturated carbocycles.